The lowest BCUT2D eigenvalue weighted by molar-refractivity contribution is 0.475. The molecule has 0 heterocycles. The molecule has 5 aromatic rings. The van der Waals surface area contributed by atoms with Crippen molar-refractivity contribution in [3.05, 3.63) is 151 Å². The predicted molar refractivity (Wildman–Crippen MR) is 195 cm³/mol. The normalized spacial score (nSPS) is 19.5. The minimum absolute atomic E-state index is 0.467. The lowest BCUT2D eigenvalue weighted by atomic mass is 9.80. The fourth-order valence-corrected chi connectivity index (χ4v) is 13.8. The molecule has 2 heteroatoms. The van der Waals surface area contributed by atoms with E-state index in [4.69, 9.17) is 0 Å². The molecule has 3 unspecified atom stereocenters. The monoisotopic (exact) mass is 610 g/mol. The van der Waals surface area contributed by atoms with Crippen LogP contribution in [0.1, 0.15) is 74.8 Å². The van der Waals surface area contributed by atoms with Gasteiger partial charge in [-0.2, -0.15) is 0 Å². The highest BCUT2D eigenvalue weighted by Gasteiger charge is 2.40. The lowest BCUT2D eigenvalue weighted by Gasteiger charge is -2.37. The van der Waals surface area contributed by atoms with E-state index in [0.717, 1.165) is 0 Å². The van der Waals surface area contributed by atoms with Crippen molar-refractivity contribution in [1.82, 2.24) is 0 Å². The molecule has 0 amide bonds. The Bertz CT molecular complexity index is 1530. The van der Waals surface area contributed by atoms with Crippen molar-refractivity contribution < 1.29 is 0 Å². The lowest BCUT2D eigenvalue weighted by Crippen LogP contribution is -2.31. The first-order chi connectivity index (χ1) is 21.8. The van der Waals surface area contributed by atoms with Crippen LogP contribution >= 0.6 is 15.8 Å². The van der Waals surface area contributed by atoms with Crippen molar-refractivity contribution in [3.8, 4) is 0 Å². The number of hydrogen-bond donors (Lipinski definition) is 0. The van der Waals surface area contributed by atoms with Gasteiger partial charge in [-0.25, -0.2) is 0 Å². The maximum atomic E-state index is 2.60. The van der Waals surface area contributed by atoms with Gasteiger partial charge in [-0.05, 0) is 103 Å². The highest BCUT2D eigenvalue weighted by atomic mass is 31.1. The molecule has 222 valence electrons. The Balaban J connectivity index is 1.38. The molecule has 2 aliphatic rings. The molecule has 0 aromatic heterocycles. The van der Waals surface area contributed by atoms with Crippen LogP contribution in [0.4, 0.5) is 0 Å². The molecule has 5 aromatic carbocycles. The van der Waals surface area contributed by atoms with E-state index >= 15 is 0 Å². The molecule has 7 rings (SSSR count). The van der Waals surface area contributed by atoms with Gasteiger partial charge in [0.2, 0.25) is 0 Å². The third kappa shape index (κ3) is 6.10. The molecule has 0 nitrogen and oxygen atoms in total. The molecular weight excluding hydrogens is 566 g/mol. The Labute approximate surface area is 267 Å². The van der Waals surface area contributed by atoms with E-state index < -0.39 is 15.8 Å². The van der Waals surface area contributed by atoms with E-state index in [1.165, 1.54) is 66.2 Å². The molecule has 2 saturated carbocycles. The minimum atomic E-state index is -0.649. The largest absolute Gasteiger partial charge is 0.0622 e. The van der Waals surface area contributed by atoms with Crippen LogP contribution in [0.25, 0.3) is 0 Å². The number of hydrogen-bond acceptors (Lipinski definition) is 0. The highest BCUT2D eigenvalue weighted by Crippen LogP contribution is 2.54. The number of benzene rings is 5. The molecule has 2 aliphatic carbocycles. The molecule has 0 saturated heterocycles. The Morgan fingerprint density at radius 1 is 0.500 bits per heavy atom. The van der Waals surface area contributed by atoms with Crippen molar-refractivity contribution in [2.75, 3.05) is 0 Å². The minimum Gasteiger partial charge on any atom is -0.0622 e. The summed E-state index contributed by atoms with van der Waals surface area (Å²) >= 11 is 0. The van der Waals surface area contributed by atoms with Crippen LogP contribution in [0.15, 0.2) is 140 Å². The van der Waals surface area contributed by atoms with Gasteiger partial charge >= 0.3 is 0 Å². The molecule has 0 radical (unpaired) electrons. The van der Waals surface area contributed by atoms with E-state index in [-0.39, 0.29) is 0 Å². The van der Waals surface area contributed by atoms with E-state index in [1.54, 1.807) is 16.4 Å². The Morgan fingerprint density at radius 3 is 1.52 bits per heavy atom. The summed E-state index contributed by atoms with van der Waals surface area (Å²) in [6.07, 6.45) is 9.41. The summed E-state index contributed by atoms with van der Waals surface area (Å²) in [4.78, 5) is 0. The molecule has 0 aliphatic heterocycles. The zero-order valence-corrected chi connectivity index (χ0v) is 27.7. The van der Waals surface area contributed by atoms with Crippen LogP contribution in [0.3, 0.4) is 0 Å². The molecule has 44 heavy (non-hydrogen) atoms. The van der Waals surface area contributed by atoms with Crippen LogP contribution in [-0.2, 0) is 0 Å². The standard InChI is InChI=1S/C42H44P2/c1-32(43(34-20-6-2-7-21-34)35-22-8-3-9-23-35)38-28-16-30-40(38)42-39(33-18-14-15-19-33)29-17-31-41(42)44(36-24-10-4-11-25-36)37-26-12-5-13-27-37/h2-13,17,20-27,29,31-33,38,40H,14-16,18-19,28,30H2,1H3. The first kappa shape index (κ1) is 29.7. The maximum Gasteiger partial charge on any atom is -0.0113 e. The van der Waals surface area contributed by atoms with Crippen LogP contribution in [0, 0.1) is 5.92 Å². The van der Waals surface area contributed by atoms with Crippen LogP contribution in [-0.4, -0.2) is 5.66 Å². The average molecular weight is 611 g/mol. The van der Waals surface area contributed by atoms with Gasteiger partial charge < -0.3 is 0 Å². The first-order valence-electron chi connectivity index (χ1n) is 16.7. The zero-order valence-electron chi connectivity index (χ0n) is 25.9. The fourth-order valence-electron chi connectivity index (χ4n) is 8.26. The molecule has 2 fully saturated rings. The van der Waals surface area contributed by atoms with Crippen LogP contribution in [0.5, 0.6) is 0 Å². The third-order valence-electron chi connectivity index (χ3n) is 10.2. The van der Waals surface area contributed by atoms with E-state index in [9.17, 15) is 0 Å². The second-order valence-electron chi connectivity index (χ2n) is 12.8. The summed E-state index contributed by atoms with van der Waals surface area (Å²) < 4.78 is 0. The Hall–Kier alpha value is -3.04. The smallest absolute Gasteiger partial charge is 0.0113 e. The summed E-state index contributed by atoms with van der Waals surface area (Å²) in [5.74, 6) is 1.98. The van der Waals surface area contributed by atoms with Gasteiger partial charge in [0.05, 0.1) is 0 Å². The summed E-state index contributed by atoms with van der Waals surface area (Å²) in [6, 6.07) is 53.1. The van der Waals surface area contributed by atoms with Gasteiger partial charge in [0.15, 0.2) is 0 Å². The van der Waals surface area contributed by atoms with Crippen molar-refractivity contribution in [1.29, 1.82) is 0 Å². The summed E-state index contributed by atoms with van der Waals surface area (Å²) in [5, 5.41) is 7.60. The van der Waals surface area contributed by atoms with E-state index in [2.05, 4.69) is 146 Å². The van der Waals surface area contributed by atoms with Gasteiger partial charge in [0.1, 0.15) is 0 Å². The molecule has 3 atom stereocenters. The summed E-state index contributed by atoms with van der Waals surface area (Å²) in [6.45, 7) is 2.60. The molecule has 0 N–H and O–H groups in total. The zero-order chi connectivity index (χ0) is 29.7. The van der Waals surface area contributed by atoms with E-state index in [0.29, 0.717) is 23.4 Å². The van der Waals surface area contributed by atoms with Crippen LogP contribution < -0.4 is 26.5 Å². The highest BCUT2D eigenvalue weighted by molar-refractivity contribution is 7.80. The Morgan fingerprint density at radius 2 is 1.00 bits per heavy atom. The maximum absolute atomic E-state index is 2.60. The van der Waals surface area contributed by atoms with Crippen molar-refractivity contribution in [3.63, 3.8) is 0 Å². The Kier molecular flexibility index (Phi) is 9.40. The van der Waals surface area contributed by atoms with Gasteiger partial charge in [-0.3, -0.25) is 0 Å². The fraction of sp³-hybridized carbons (Fsp3) is 0.286. The van der Waals surface area contributed by atoms with Crippen molar-refractivity contribution >= 4 is 42.4 Å². The molecule has 0 spiro atoms. The van der Waals surface area contributed by atoms with E-state index in [1.807, 2.05) is 0 Å². The van der Waals surface area contributed by atoms with Crippen molar-refractivity contribution in [2.24, 2.45) is 5.92 Å². The number of rotatable bonds is 9. The van der Waals surface area contributed by atoms with Gasteiger partial charge in [0.25, 0.3) is 0 Å². The SMILES string of the molecule is CC(C1CCCC1c1c(C2CCCC2)cccc1P(c1ccccc1)c1ccccc1)P(c1ccccc1)c1ccccc1. The predicted octanol–water partition coefficient (Wildman–Crippen LogP) is 9.51. The first-order valence-corrected chi connectivity index (χ1v) is 19.5. The average Bonchev–Trinajstić information content (AvgIpc) is 3.80. The molecule has 0 bridgehead atoms. The topological polar surface area (TPSA) is 0 Å². The second kappa shape index (κ2) is 13.9. The van der Waals surface area contributed by atoms with Gasteiger partial charge in [-0.15, -0.1) is 0 Å². The van der Waals surface area contributed by atoms with Gasteiger partial charge in [-0.1, -0.05) is 166 Å². The molecular formula is C42H44P2. The van der Waals surface area contributed by atoms with Crippen molar-refractivity contribution in [2.45, 2.75) is 69.4 Å². The quantitative estimate of drug-likeness (QED) is 0.146. The summed E-state index contributed by atoms with van der Waals surface area (Å²) in [5.41, 5.74) is 4.03. The third-order valence-corrected chi connectivity index (χ3v) is 15.6. The summed E-state index contributed by atoms with van der Waals surface area (Å²) in [7, 11) is -1.12. The van der Waals surface area contributed by atoms with Crippen LogP contribution in [0.2, 0.25) is 0 Å². The van der Waals surface area contributed by atoms with Gasteiger partial charge in [0, 0.05) is 0 Å². The second-order valence-corrected chi connectivity index (χ2v) is 17.5.